The van der Waals surface area contributed by atoms with Gasteiger partial charge in [-0.3, -0.25) is 0 Å². The minimum atomic E-state index is -1.43. The Hall–Kier alpha value is -0.605. The molecule has 54 valence electrons. The van der Waals surface area contributed by atoms with Crippen molar-refractivity contribution in [2.24, 2.45) is 0 Å². The molecule has 0 aromatic heterocycles. The van der Waals surface area contributed by atoms with Gasteiger partial charge in [0.1, 0.15) is 5.83 Å². The molecule has 0 fully saturated rings. The van der Waals surface area contributed by atoms with Crippen LogP contribution in [0.5, 0.6) is 0 Å². The van der Waals surface area contributed by atoms with Crippen LogP contribution in [0.4, 0.5) is 4.39 Å². The second kappa shape index (κ2) is 2.99. The molecule has 0 spiro atoms. The van der Waals surface area contributed by atoms with Crippen molar-refractivity contribution in [3.63, 3.8) is 0 Å². The lowest BCUT2D eigenvalue weighted by Gasteiger charge is -2.07. The third-order valence-electron chi connectivity index (χ3n) is 1.46. The van der Waals surface area contributed by atoms with Gasteiger partial charge in [0, 0.05) is 6.42 Å². The first-order valence-corrected chi connectivity index (χ1v) is 3.11. The summed E-state index contributed by atoms with van der Waals surface area (Å²) in [6, 6.07) is 0. The van der Waals surface area contributed by atoms with E-state index in [9.17, 15) is 4.39 Å². The van der Waals surface area contributed by atoms with Crippen LogP contribution in [0.2, 0.25) is 0 Å². The Morgan fingerprint density at radius 2 is 2.00 bits per heavy atom. The molecule has 0 bridgehead atoms. The van der Waals surface area contributed by atoms with Crippen LogP contribution < -0.4 is 0 Å². The van der Waals surface area contributed by atoms with E-state index in [4.69, 9.17) is 10.0 Å². The van der Waals surface area contributed by atoms with Crippen molar-refractivity contribution in [3.05, 3.63) is 23.5 Å². The van der Waals surface area contributed by atoms with Crippen molar-refractivity contribution in [2.75, 3.05) is 0 Å². The molecule has 0 radical (unpaired) electrons. The quantitative estimate of drug-likeness (QED) is 0.525. The van der Waals surface area contributed by atoms with Crippen molar-refractivity contribution < 1.29 is 14.4 Å². The van der Waals surface area contributed by atoms with E-state index in [1.54, 1.807) is 0 Å². The highest BCUT2D eigenvalue weighted by molar-refractivity contribution is 6.50. The van der Waals surface area contributed by atoms with Gasteiger partial charge in [-0.15, -0.1) is 0 Å². The van der Waals surface area contributed by atoms with Gasteiger partial charge in [-0.2, -0.15) is 0 Å². The van der Waals surface area contributed by atoms with E-state index in [1.165, 1.54) is 12.2 Å². The maximum Gasteiger partial charge on any atom is 0.484 e. The fourth-order valence-electron chi connectivity index (χ4n) is 0.843. The molecule has 0 saturated carbocycles. The van der Waals surface area contributed by atoms with Crippen LogP contribution in [-0.2, 0) is 0 Å². The molecule has 0 heterocycles. The summed E-state index contributed by atoms with van der Waals surface area (Å²) in [5.41, 5.74) is 0.474. The largest absolute Gasteiger partial charge is 0.484 e. The molecule has 0 aromatic rings. The van der Waals surface area contributed by atoms with Crippen molar-refractivity contribution in [2.45, 2.75) is 12.8 Å². The SMILES string of the molecule is OB(O)C1=CC=C(F)CC1. The van der Waals surface area contributed by atoms with E-state index < -0.39 is 7.12 Å². The van der Waals surface area contributed by atoms with Gasteiger partial charge in [0.25, 0.3) is 0 Å². The predicted octanol–water partition coefficient (Wildman–Crippen LogP) is 0.572. The number of hydrogen-bond donors (Lipinski definition) is 2. The minimum Gasteiger partial charge on any atom is -0.423 e. The fraction of sp³-hybridized carbons (Fsp3) is 0.333. The Morgan fingerprint density at radius 3 is 2.40 bits per heavy atom. The first-order valence-electron chi connectivity index (χ1n) is 3.11. The molecule has 1 aliphatic rings. The van der Waals surface area contributed by atoms with Gasteiger partial charge in [-0.25, -0.2) is 4.39 Å². The third kappa shape index (κ3) is 1.69. The van der Waals surface area contributed by atoms with Crippen LogP contribution in [0.3, 0.4) is 0 Å². The van der Waals surface area contributed by atoms with Gasteiger partial charge in [-0.05, 0) is 18.0 Å². The normalized spacial score (nSPS) is 17.9. The second-order valence-corrected chi connectivity index (χ2v) is 2.23. The molecule has 0 amide bonds. The van der Waals surface area contributed by atoms with Gasteiger partial charge in [0.05, 0.1) is 0 Å². The van der Waals surface area contributed by atoms with Crippen molar-refractivity contribution in [3.8, 4) is 0 Å². The summed E-state index contributed by atoms with van der Waals surface area (Å²) in [6.45, 7) is 0. The molecule has 0 unspecified atom stereocenters. The first-order chi connectivity index (χ1) is 4.70. The van der Waals surface area contributed by atoms with E-state index in [0.29, 0.717) is 11.9 Å². The third-order valence-corrected chi connectivity index (χ3v) is 1.46. The molecule has 1 rings (SSSR count). The van der Waals surface area contributed by atoms with E-state index in [2.05, 4.69) is 0 Å². The maximum absolute atomic E-state index is 12.3. The van der Waals surface area contributed by atoms with Crippen molar-refractivity contribution in [1.29, 1.82) is 0 Å². The number of rotatable bonds is 1. The summed E-state index contributed by atoms with van der Waals surface area (Å²) in [7, 11) is -1.43. The summed E-state index contributed by atoms with van der Waals surface area (Å²) >= 11 is 0. The Balaban J connectivity index is 2.64. The minimum absolute atomic E-state index is 0.204. The highest BCUT2D eigenvalue weighted by Gasteiger charge is 2.16. The van der Waals surface area contributed by atoms with Crippen LogP contribution >= 0.6 is 0 Å². The average Bonchev–Trinajstić information content (AvgIpc) is 1.88. The lowest BCUT2D eigenvalue weighted by molar-refractivity contribution is 0.415. The highest BCUT2D eigenvalue weighted by atomic mass is 19.1. The van der Waals surface area contributed by atoms with E-state index >= 15 is 0 Å². The van der Waals surface area contributed by atoms with Gasteiger partial charge >= 0.3 is 7.12 Å². The zero-order valence-electron chi connectivity index (χ0n) is 5.42. The molecule has 4 heteroatoms. The molecule has 10 heavy (non-hydrogen) atoms. The molecule has 2 nitrogen and oxygen atoms in total. The smallest absolute Gasteiger partial charge is 0.423 e. The average molecular weight is 142 g/mol. The van der Waals surface area contributed by atoms with Gasteiger partial charge < -0.3 is 10.0 Å². The Kier molecular flexibility index (Phi) is 2.24. The van der Waals surface area contributed by atoms with E-state index in [0.717, 1.165) is 0 Å². The summed E-state index contributed by atoms with van der Waals surface area (Å²) < 4.78 is 12.3. The summed E-state index contributed by atoms with van der Waals surface area (Å²) in [5.74, 6) is -0.204. The zero-order valence-corrected chi connectivity index (χ0v) is 5.42. The highest BCUT2D eigenvalue weighted by Crippen LogP contribution is 2.18. The van der Waals surface area contributed by atoms with Crippen molar-refractivity contribution in [1.82, 2.24) is 0 Å². The molecular formula is C6H8BFO2. The van der Waals surface area contributed by atoms with Crippen LogP contribution in [0.25, 0.3) is 0 Å². The lowest BCUT2D eigenvalue weighted by Crippen LogP contribution is -2.16. The van der Waals surface area contributed by atoms with Crippen LogP contribution in [0.15, 0.2) is 23.5 Å². The van der Waals surface area contributed by atoms with Crippen molar-refractivity contribution >= 4 is 7.12 Å². The number of hydrogen-bond acceptors (Lipinski definition) is 2. The second-order valence-electron chi connectivity index (χ2n) is 2.23. The monoisotopic (exact) mass is 142 g/mol. The standard InChI is InChI=1S/C6H8BFO2/c8-6-3-1-5(2-4-6)7(9)10/h1,3,9-10H,2,4H2. The van der Waals surface area contributed by atoms with Gasteiger partial charge in [-0.1, -0.05) is 6.08 Å². The van der Waals surface area contributed by atoms with Crippen LogP contribution in [0.1, 0.15) is 12.8 Å². The first kappa shape index (κ1) is 7.50. The van der Waals surface area contributed by atoms with Gasteiger partial charge in [0.15, 0.2) is 0 Å². The number of halogens is 1. The number of allylic oxidation sites excluding steroid dienone is 4. The zero-order chi connectivity index (χ0) is 7.56. The lowest BCUT2D eigenvalue weighted by atomic mass is 9.75. The Labute approximate surface area is 58.8 Å². The van der Waals surface area contributed by atoms with Crippen LogP contribution in [-0.4, -0.2) is 17.2 Å². The van der Waals surface area contributed by atoms with Crippen LogP contribution in [0, 0.1) is 0 Å². The van der Waals surface area contributed by atoms with Gasteiger partial charge in [0.2, 0.25) is 0 Å². The fourth-order valence-corrected chi connectivity index (χ4v) is 0.843. The van der Waals surface area contributed by atoms with E-state index in [1.807, 2.05) is 0 Å². The molecular weight excluding hydrogens is 134 g/mol. The summed E-state index contributed by atoms with van der Waals surface area (Å²) in [5, 5.41) is 17.2. The summed E-state index contributed by atoms with van der Waals surface area (Å²) in [4.78, 5) is 0. The molecule has 0 aromatic carbocycles. The molecule has 1 aliphatic carbocycles. The molecule has 0 saturated heterocycles. The topological polar surface area (TPSA) is 40.5 Å². The summed E-state index contributed by atoms with van der Waals surface area (Å²) in [6.07, 6.45) is 3.35. The van der Waals surface area contributed by atoms with E-state index in [-0.39, 0.29) is 12.2 Å². The predicted molar refractivity (Wildman–Crippen MR) is 36.7 cm³/mol. The Bertz CT molecular complexity index is 186. The maximum atomic E-state index is 12.3. The molecule has 0 atom stereocenters. The molecule has 2 N–H and O–H groups in total. The molecule has 0 aliphatic heterocycles. The Morgan fingerprint density at radius 1 is 1.30 bits per heavy atom.